The fourth-order valence-electron chi connectivity index (χ4n) is 4.80. The Morgan fingerprint density at radius 3 is 2.55 bits per heavy atom. The molecule has 11 nitrogen and oxygen atoms in total. The van der Waals surface area contributed by atoms with Gasteiger partial charge in [-0.05, 0) is 38.3 Å². The van der Waals surface area contributed by atoms with Gasteiger partial charge in [0.1, 0.15) is 6.04 Å². The Kier molecular flexibility index (Phi) is 8.34. The maximum atomic E-state index is 13.4. The van der Waals surface area contributed by atoms with E-state index in [1.807, 2.05) is 12.1 Å². The van der Waals surface area contributed by atoms with Gasteiger partial charge in [-0.2, -0.15) is 0 Å². The largest absolute Gasteiger partial charge is 0.381 e. The normalized spacial score (nSPS) is 16.8. The number of fused-ring (bicyclic) bond motifs is 1. The maximum absolute atomic E-state index is 13.4. The van der Waals surface area contributed by atoms with Crippen LogP contribution in [0.4, 0.5) is 11.9 Å². The first kappa shape index (κ1) is 28.0. The summed E-state index contributed by atoms with van der Waals surface area (Å²) in [4.78, 5) is 45.5. The van der Waals surface area contributed by atoms with E-state index in [4.69, 9.17) is 27.9 Å². The van der Waals surface area contributed by atoms with Gasteiger partial charge in [0, 0.05) is 44.0 Å². The molecule has 0 unspecified atom stereocenters. The number of anilines is 2. The molecule has 1 saturated heterocycles. The second kappa shape index (κ2) is 11.9. The van der Waals surface area contributed by atoms with Gasteiger partial charge in [-0.3, -0.25) is 9.59 Å². The van der Waals surface area contributed by atoms with Crippen molar-refractivity contribution in [2.24, 2.45) is 0 Å². The zero-order chi connectivity index (χ0) is 28.4. The predicted molar refractivity (Wildman–Crippen MR) is 152 cm³/mol. The summed E-state index contributed by atoms with van der Waals surface area (Å²) in [7, 11) is 1.70. The molecule has 0 bridgehead atoms. The highest BCUT2D eigenvalue weighted by Crippen LogP contribution is 2.32. The molecule has 2 atom stereocenters. The number of rotatable bonds is 8. The minimum atomic E-state index is -0.729. The van der Waals surface area contributed by atoms with E-state index in [2.05, 4.69) is 35.9 Å². The summed E-state index contributed by atoms with van der Waals surface area (Å²) in [5, 5.41) is 9.84. The maximum Gasteiger partial charge on any atom is 0.255 e. The molecule has 2 amide bonds. The van der Waals surface area contributed by atoms with Crippen LogP contribution in [0.15, 0.2) is 30.6 Å². The Bertz CT molecular complexity index is 1430. The number of nitrogens with one attached hydrogen (secondary N) is 3. The summed E-state index contributed by atoms with van der Waals surface area (Å²) in [5.41, 5.74) is 3.04. The second-order valence-corrected chi connectivity index (χ2v) is 10.6. The van der Waals surface area contributed by atoms with Crippen LogP contribution in [0.5, 0.6) is 0 Å². The number of aromatic nitrogens is 4. The summed E-state index contributed by atoms with van der Waals surface area (Å²) < 4.78 is 5.42. The number of nitrogens with zero attached hydrogens (tertiary/aromatic N) is 5. The number of ether oxygens (including phenoxy) is 1. The summed E-state index contributed by atoms with van der Waals surface area (Å²) in [6.45, 7) is 5.18. The van der Waals surface area contributed by atoms with E-state index in [9.17, 15) is 9.59 Å². The number of halogens is 2. The lowest BCUT2D eigenvalue weighted by atomic mass is 10.0. The third kappa shape index (κ3) is 5.81. The molecule has 0 saturated carbocycles. The van der Waals surface area contributed by atoms with E-state index in [0.29, 0.717) is 64.2 Å². The minimum Gasteiger partial charge on any atom is -0.381 e. The van der Waals surface area contributed by atoms with Crippen LogP contribution in [-0.4, -0.2) is 69.0 Å². The lowest BCUT2D eigenvalue weighted by molar-refractivity contribution is -0.125. The second-order valence-electron chi connectivity index (χ2n) is 9.81. The van der Waals surface area contributed by atoms with Crippen molar-refractivity contribution in [1.29, 1.82) is 0 Å². The van der Waals surface area contributed by atoms with Crippen LogP contribution in [0.25, 0.3) is 11.3 Å². The lowest BCUT2D eigenvalue weighted by Crippen LogP contribution is -2.46. The Morgan fingerprint density at radius 2 is 1.80 bits per heavy atom. The fraction of sp³-hybridized carbons (Fsp3) is 0.407. The average molecular weight is 585 g/mol. The molecule has 0 radical (unpaired) electrons. The molecule has 40 heavy (non-hydrogen) atoms. The molecule has 4 heterocycles. The Hall–Kier alpha value is -3.54. The van der Waals surface area contributed by atoms with Crippen LogP contribution < -0.4 is 16.0 Å². The summed E-state index contributed by atoms with van der Waals surface area (Å²) in [6.07, 6.45) is 4.79. The van der Waals surface area contributed by atoms with E-state index in [-0.39, 0.29) is 17.9 Å². The molecule has 0 aliphatic carbocycles. The third-order valence-corrected chi connectivity index (χ3v) is 7.69. The highest BCUT2D eigenvalue weighted by Gasteiger charge is 2.35. The number of amides is 2. The van der Waals surface area contributed by atoms with Crippen LogP contribution in [0, 0.1) is 0 Å². The van der Waals surface area contributed by atoms with Gasteiger partial charge in [0.25, 0.3) is 5.91 Å². The first-order valence-electron chi connectivity index (χ1n) is 13.1. The van der Waals surface area contributed by atoms with Gasteiger partial charge in [0.2, 0.25) is 17.8 Å². The number of hydrogen-bond donors (Lipinski definition) is 3. The van der Waals surface area contributed by atoms with Crippen LogP contribution in [0.1, 0.15) is 54.3 Å². The van der Waals surface area contributed by atoms with Crippen molar-refractivity contribution in [2.45, 2.75) is 51.4 Å². The summed E-state index contributed by atoms with van der Waals surface area (Å²) in [6, 6.07) is 4.53. The monoisotopic (exact) mass is 584 g/mol. The minimum absolute atomic E-state index is 0.226. The van der Waals surface area contributed by atoms with Crippen LogP contribution in [-0.2, 0) is 16.1 Å². The topological polar surface area (TPSA) is 134 Å². The molecule has 13 heteroatoms. The molecule has 1 fully saturated rings. The lowest BCUT2D eigenvalue weighted by Gasteiger charge is -2.25. The molecule has 2 aliphatic heterocycles. The quantitative estimate of drug-likeness (QED) is 0.357. The molecule has 2 aromatic heterocycles. The van der Waals surface area contributed by atoms with E-state index >= 15 is 0 Å². The van der Waals surface area contributed by atoms with Gasteiger partial charge in [-0.15, -0.1) is 0 Å². The molecule has 0 spiro atoms. The number of hydrogen-bond acceptors (Lipinski definition) is 9. The van der Waals surface area contributed by atoms with Gasteiger partial charge < -0.3 is 25.6 Å². The number of benzene rings is 1. The molecule has 210 valence electrons. The highest BCUT2D eigenvalue weighted by molar-refractivity contribution is 6.33. The van der Waals surface area contributed by atoms with Crippen LogP contribution in [0.2, 0.25) is 10.0 Å². The van der Waals surface area contributed by atoms with Gasteiger partial charge in [0.05, 0.1) is 39.9 Å². The number of carbonyl (C=O) groups excluding carboxylic acids is 2. The molecular formula is C27H30Cl2N8O3. The van der Waals surface area contributed by atoms with Gasteiger partial charge in [0.15, 0.2) is 0 Å². The van der Waals surface area contributed by atoms with Crippen molar-refractivity contribution < 1.29 is 14.3 Å². The Balaban J connectivity index is 1.30. The van der Waals surface area contributed by atoms with Crippen molar-refractivity contribution in [3.63, 3.8) is 0 Å². The predicted octanol–water partition coefficient (Wildman–Crippen LogP) is 4.09. The molecule has 3 aromatic rings. The smallest absolute Gasteiger partial charge is 0.255 e. The third-order valence-electron chi connectivity index (χ3n) is 7.12. The number of carbonyl (C=O) groups is 2. The molecular weight excluding hydrogens is 555 g/mol. The summed E-state index contributed by atoms with van der Waals surface area (Å²) >= 11 is 12.7. The first-order chi connectivity index (χ1) is 19.2. The van der Waals surface area contributed by atoms with Gasteiger partial charge in [-0.25, -0.2) is 19.9 Å². The fourth-order valence-corrected chi connectivity index (χ4v) is 5.25. The average Bonchev–Trinajstić information content (AvgIpc) is 3.29. The Labute approximate surface area is 242 Å². The van der Waals surface area contributed by atoms with E-state index < -0.39 is 12.1 Å². The van der Waals surface area contributed by atoms with Crippen molar-refractivity contribution in [1.82, 2.24) is 30.2 Å². The standard InChI is InChI=1S/C27H30Cl2N8O3/c1-14(22-20(28)11-31-26(30-3)35-22)33-24(38)15(2)37-13-17-5-4-16(10-19(17)25(37)39)23-21(29)12-32-27(36-23)34-18-6-8-40-9-7-18/h4-5,10-12,14-15,18H,6-9,13H2,1-3H3,(H,33,38)(H,30,31,35)(H,32,34,36)/t14-,15-/m1/s1. The van der Waals surface area contributed by atoms with Crippen molar-refractivity contribution in [2.75, 3.05) is 30.9 Å². The zero-order valence-corrected chi connectivity index (χ0v) is 23.9. The van der Waals surface area contributed by atoms with Crippen molar-refractivity contribution in [3.05, 3.63) is 57.5 Å². The molecule has 2 aliphatic rings. The van der Waals surface area contributed by atoms with Crippen LogP contribution in [0.3, 0.4) is 0 Å². The van der Waals surface area contributed by atoms with E-state index in [0.717, 1.165) is 18.4 Å². The van der Waals surface area contributed by atoms with Crippen molar-refractivity contribution >= 4 is 46.9 Å². The van der Waals surface area contributed by atoms with E-state index in [1.165, 1.54) is 11.1 Å². The molecule has 5 rings (SSSR count). The molecule has 3 N–H and O–H groups in total. The molecule has 1 aromatic carbocycles. The zero-order valence-electron chi connectivity index (χ0n) is 22.4. The first-order valence-corrected chi connectivity index (χ1v) is 13.8. The van der Waals surface area contributed by atoms with E-state index in [1.54, 1.807) is 33.2 Å². The SMILES string of the molecule is CNc1ncc(Cl)c([C@@H](C)NC(=O)[C@@H](C)N2Cc3ccc(-c4nc(NC5CCOCC5)ncc4Cl)cc3C2=O)n1. The van der Waals surface area contributed by atoms with Gasteiger partial charge >= 0.3 is 0 Å². The Morgan fingerprint density at radius 1 is 1.07 bits per heavy atom. The highest BCUT2D eigenvalue weighted by atomic mass is 35.5. The van der Waals surface area contributed by atoms with Crippen molar-refractivity contribution in [3.8, 4) is 11.3 Å². The van der Waals surface area contributed by atoms with Crippen LogP contribution >= 0.6 is 23.2 Å². The summed E-state index contributed by atoms with van der Waals surface area (Å²) in [5.74, 6) is 0.308. The van der Waals surface area contributed by atoms with Gasteiger partial charge in [-0.1, -0.05) is 35.3 Å².